The quantitative estimate of drug-likeness (QED) is 0.512. The Kier molecular flexibility index (Phi) is 5.76. The number of H-pyrrole nitrogens is 1. The molecule has 0 aliphatic carbocycles. The molecule has 0 spiro atoms. The average molecular weight is 393 g/mol. The molecule has 2 aromatic carbocycles. The number of imidazole rings is 1. The first-order valence-corrected chi connectivity index (χ1v) is 9.16. The maximum Gasteiger partial charge on any atom is 0.420 e. The third kappa shape index (κ3) is 4.45. The van der Waals surface area contributed by atoms with E-state index < -0.39 is 23.6 Å². The van der Waals surface area contributed by atoms with E-state index in [9.17, 15) is 18.3 Å². The van der Waals surface area contributed by atoms with Gasteiger partial charge in [-0.2, -0.15) is 13.2 Å². The van der Waals surface area contributed by atoms with E-state index in [-0.39, 0.29) is 0 Å². The van der Waals surface area contributed by atoms with Gasteiger partial charge in [0.1, 0.15) is 0 Å². The van der Waals surface area contributed by atoms with Crippen molar-refractivity contribution >= 4 is 17.4 Å². The fourth-order valence-electron chi connectivity index (χ4n) is 2.66. The van der Waals surface area contributed by atoms with E-state index in [1.165, 1.54) is 12.4 Å². The number of aromatic nitrogens is 2. The molecule has 0 bridgehead atoms. The fraction of sp³-hybridized carbons (Fsp3) is 0.211. The number of aliphatic hydroxyl groups is 1. The lowest BCUT2D eigenvalue weighted by Crippen LogP contribution is -2.54. The highest BCUT2D eigenvalue weighted by Crippen LogP contribution is 2.44. The SMILES string of the molecule is OC(CSc1ncc[nH]1)(C(Nc1ccccc1)c1ccccc1)C(F)(F)F. The van der Waals surface area contributed by atoms with Crippen LogP contribution in [0, 0.1) is 0 Å². The average Bonchev–Trinajstić information content (AvgIpc) is 3.18. The number of para-hydroxylation sites is 1. The van der Waals surface area contributed by atoms with E-state index in [2.05, 4.69) is 15.3 Å². The second-order valence-corrected chi connectivity index (χ2v) is 6.92. The molecule has 2 atom stereocenters. The van der Waals surface area contributed by atoms with Crippen molar-refractivity contribution in [3.05, 3.63) is 78.6 Å². The number of halogens is 3. The monoisotopic (exact) mass is 393 g/mol. The van der Waals surface area contributed by atoms with E-state index in [1.807, 2.05) is 0 Å². The van der Waals surface area contributed by atoms with Gasteiger partial charge in [0.05, 0.1) is 6.04 Å². The number of alkyl halides is 3. The summed E-state index contributed by atoms with van der Waals surface area (Å²) >= 11 is 0.818. The molecule has 0 saturated carbocycles. The van der Waals surface area contributed by atoms with Gasteiger partial charge in [-0.25, -0.2) is 4.98 Å². The van der Waals surface area contributed by atoms with Crippen LogP contribution >= 0.6 is 11.8 Å². The van der Waals surface area contributed by atoms with Crippen LogP contribution in [0.15, 0.2) is 78.2 Å². The van der Waals surface area contributed by atoms with Gasteiger partial charge in [-0.3, -0.25) is 0 Å². The van der Waals surface area contributed by atoms with Crippen molar-refractivity contribution in [2.24, 2.45) is 0 Å². The molecule has 8 heteroatoms. The van der Waals surface area contributed by atoms with Crippen molar-refractivity contribution in [1.82, 2.24) is 9.97 Å². The Bertz CT molecular complexity index is 828. The Morgan fingerprint density at radius 1 is 1.04 bits per heavy atom. The number of rotatable bonds is 7. The minimum Gasteiger partial charge on any atom is -0.378 e. The fourth-order valence-corrected chi connectivity index (χ4v) is 3.64. The number of benzene rings is 2. The molecule has 142 valence electrons. The highest BCUT2D eigenvalue weighted by molar-refractivity contribution is 7.99. The highest BCUT2D eigenvalue weighted by atomic mass is 32.2. The molecule has 1 heterocycles. The molecule has 0 radical (unpaired) electrons. The van der Waals surface area contributed by atoms with Gasteiger partial charge in [0.2, 0.25) is 0 Å². The zero-order valence-corrected chi connectivity index (χ0v) is 15.0. The van der Waals surface area contributed by atoms with E-state index in [0.29, 0.717) is 16.4 Å². The van der Waals surface area contributed by atoms with Crippen LogP contribution in [0.25, 0.3) is 0 Å². The third-order valence-corrected chi connectivity index (χ3v) is 5.17. The summed E-state index contributed by atoms with van der Waals surface area (Å²) in [6.45, 7) is 0. The maximum absolute atomic E-state index is 14.0. The van der Waals surface area contributed by atoms with Gasteiger partial charge < -0.3 is 15.4 Å². The van der Waals surface area contributed by atoms with Crippen molar-refractivity contribution in [3.63, 3.8) is 0 Å². The summed E-state index contributed by atoms with van der Waals surface area (Å²) in [5, 5.41) is 14.0. The number of thioether (sulfide) groups is 1. The largest absolute Gasteiger partial charge is 0.420 e. The van der Waals surface area contributed by atoms with Gasteiger partial charge in [-0.15, -0.1) is 0 Å². The van der Waals surface area contributed by atoms with Crippen LogP contribution < -0.4 is 5.32 Å². The summed E-state index contributed by atoms with van der Waals surface area (Å²) in [5.41, 5.74) is -2.21. The lowest BCUT2D eigenvalue weighted by molar-refractivity contribution is -0.256. The molecule has 0 aliphatic rings. The first-order valence-electron chi connectivity index (χ1n) is 8.18. The summed E-state index contributed by atoms with van der Waals surface area (Å²) in [6.07, 6.45) is -1.90. The summed E-state index contributed by atoms with van der Waals surface area (Å²) in [7, 11) is 0. The number of nitrogens with zero attached hydrogens (tertiary/aromatic N) is 1. The van der Waals surface area contributed by atoms with E-state index in [0.717, 1.165) is 11.8 Å². The smallest absolute Gasteiger partial charge is 0.378 e. The number of hydrogen-bond donors (Lipinski definition) is 3. The molecule has 3 aromatic rings. The van der Waals surface area contributed by atoms with Crippen LogP contribution in [-0.4, -0.2) is 32.6 Å². The second kappa shape index (κ2) is 8.06. The maximum atomic E-state index is 14.0. The third-order valence-electron chi connectivity index (χ3n) is 4.09. The van der Waals surface area contributed by atoms with Crippen molar-refractivity contribution in [1.29, 1.82) is 0 Å². The van der Waals surface area contributed by atoms with Crippen molar-refractivity contribution in [3.8, 4) is 0 Å². The zero-order valence-electron chi connectivity index (χ0n) is 14.1. The molecule has 27 heavy (non-hydrogen) atoms. The first-order chi connectivity index (χ1) is 12.9. The van der Waals surface area contributed by atoms with E-state index in [4.69, 9.17) is 0 Å². The van der Waals surface area contributed by atoms with Gasteiger partial charge in [-0.1, -0.05) is 60.3 Å². The van der Waals surface area contributed by atoms with Crippen LogP contribution in [-0.2, 0) is 0 Å². The Morgan fingerprint density at radius 3 is 2.22 bits per heavy atom. The van der Waals surface area contributed by atoms with Crippen LogP contribution in [0.1, 0.15) is 11.6 Å². The molecule has 0 aliphatic heterocycles. The predicted molar refractivity (Wildman–Crippen MR) is 99.6 cm³/mol. The standard InChI is InChI=1S/C19H18F3N3OS/c20-19(21,22)18(26,13-27-17-23-11-12-24-17)16(14-7-3-1-4-8-14)25-15-9-5-2-6-10-15/h1-12,16,25-26H,13H2,(H,23,24). The Labute approximate surface area is 158 Å². The summed E-state index contributed by atoms with van der Waals surface area (Å²) in [4.78, 5) is 6.67. The van der Waals surface area contributed by atoms with E-state index in [1.54, 1.807) is 60.7 Å². The number of hydrogen-bond acceptors (Lipinski definition) is 4. The van der Waals surface area contributed by atoms with Gasteiger partial charge in [0, 0.05) is 23.8 Å². The Hall–Kier alpha value is -2.45. The van der Waals surface area contributed by atoms with E-state index >= 15 is 0 Å². The minimum absolute atomic E-state index is 0.309. The highest BCUT2D eigenvalue weighted by Gasteiger charge is 2.59. The first kappa shape index (κ1) is 19.3. The minimum atomic E-state index is -4.87. The predicted octanol–water partition coefficient (Wildman–Crippen LogP) is 4.65. The molecule has 3 N–H and O–H groups in total. The summed E-state index contributed by atoms with van der Waals surface area (Å²) in [5.74, 6) is -0.622. The molecule has 4 nitrogen and oxygen atoms in total. The lowest BCUT2D eigenvalue weighted by atomic mass is 9.89. The summed E-state index contributed by atoms with van der Waals surface area (Å²) < 4.78 is 42.1. The normalized spacial score (nSPS) is 15.1. The van der Waals surface area contributed by atoms with Gasteiger partial charge in [0.25, 0.3) is 0 Å². The second-order valence-electron chi connectivity index (χ2n) is 5.96. The molecule has 2 unspecified atom stereocenters. The number of nitrogens with one attached hydrogen (secondary N) is 2. The van der Waals surface area contributed by atoms with Crippen LogP contribution in [0.2, 0.25) is 0 Å². The molecular weight excluding hydrogens is 375 g/mol. The summed E-state index contributed by atoms with van der Waals surface area (Å²) in [6, 6.07) is 15.3. The van der Waals surface area contributed by atoms with Crippen LogP contribution in [0.4, 0.5) is 18.9 Å². The number of anilines is 1. The van der Waals surface area contributed by atoms with Gasteiger partial charge in [0.15, 0.2) is 10.8 Å². The zero-order chi connectivity index (χ0) is 19.3. The lowest BCUT2D eigenvalue weighted by Gasteiger charge is -2.38. The molecule has 0 saturated heterocycles. The molecular formula is C19H18F3N3OS. The molecule has 0 amide bonds. The van der Waals surface area contributed by atoms with Crippen molar-refractivity contribution in [2.45, 2.75) is 23.0 Å². The Balaban J connectivity index is 1.98. The molecule has 1 aromatic heterocycles. The van der Waals surface area contributed by atoms with Gasteiger partial charge in [-0.05, 0) is 17.7 Å². The topological polar surface area (TPSA) is 60.9 Å². The Morgan fingerprint density at radius 2 is 1.67 bits per heavy atom. The molecule has 3 rings (SSSR count). The number of aromatic amines is 1. The van der Waals surface area contributed by atoms with Gasteiger partial charge >= 0.3 is 6.18 Å². The van der Waals surface area contributed by atoms with Crippen LogP contribution in [0.5, 0.6) is 0 Å². The van der Waals surface area contributed by atoms with Crippen molar-refractivity contribution in [2.75, 3.05) is 11.1 Å². The van der Waals surface area contributed by atoms with Crippen molar-refractivity contribution < 1.29 is 18.3 Å². The molecule has 0 fully saturated rings. The van der Waals surface area contributed by atoms with Crippen LogP contribution in [0.3, 0.4) is 0 Å².